The summed E-state index contributed by atoms with van der Waals surface area (Å²) in [6.45, 7) is 24.8. The molecule has 0 N–H and O–H groups in total. The molecule has 0 aliphatic rings. The molecule has 7 aromatic carbocycles. The van der Waals surface area contributed by atoms with Gasteiger partial charge in [0.05, 0.1) is 10.2 Å². The second-order valence-corrected chi connectivity index (χ2v) is 17.3. The van der Waals surface area contributed by atoms with E-state index >= 15 is 0 Å². The number of hydrogen-bond donors (Lipinski definition) is 0. The van der Waals surface area contributed by atoms with Crippen LogP contribution in [0.1, 0.15) is 69.4 Å². The molecule has 9 aromatic rings. The largest absolute Gasteiger partial charge is 3.00 e. The van der Waals surface area contributed by atoms with Crippen LogP contribution < -0.4 is 4.98 Å². The number of hydrogen-bond acceptors (Lipinski definition) is 2. The Hall–Kier alpha value is -5.41. The molecule has 2 nitrogen and oxygen atoms in total. The van der Waals surface area contributed by atoms with Crippen molar-refractivity contribution in [3.63, 3.8) is 0 Å². The first-order chi connectivity index (χ1) is 27.3. The predicted octanol–water partition coefficient (Wildman–Crippen LogP) is 15.5. The van der Waals surface area contributed by atoms with E-state index in [1.807, 2.05) is 97.1 Å². The summed E-state index contributed by atoms with van der Waals surface area (Å²) < 4.78 is 1.19. The molecule has 9 rings (SSSR count). The van der Waals surface area contributed by atoms with Gasteiger partial charge in [0.1, 0.15) is 5.01 Å². The monoisotopic (exact) mass is 865 g/mol. The number of fused-ring (bicyclic) bond motifs is 3. The van der Waals surface area contributed by atoms with Crippen molar-refractivity contribution in [1.29, 1.82) is 0 Å². The standard InChI is InChI=1S/C33H31N2S.3C7H7.CH3.Zr/c1-32(2,3)22-13-14-24-21(18-22)17-20-11-12-23(33(4,5)6)19-25(20)30(24)27-15-16-28(34-27)31-35-26-9-7-8-10-29(26)36-31;3*1-7-5-3-2-4-6-7;;/h7-19H,1-6H3;3*2-6H,1H2;1H3;/q4*-1;+1;+3. The summed E-state index contributed by atoms with van der Waals surface area (Å²) in [4.78, 5) is 10.0. The Balaban J connectivity index is 0.000000271. The number of rotatable bonds is 2. The van der Waals surface area contributed by atoms with Crippen molar-refractivity contribution in [1.82, 2.24) is 9.97 Å². The molecule has 0 atom stereocenters. The molecule has 0 saturated heterocycles. The maximum absolute atomic E-state index is 5.16. The SMILES string of the molecule is CC(C)(C)c1ccc2c(-c3ccc(-c4nc5ccccc5s4)[n-]3)c3cc(C(C)(C)C)ccc3cc2c1.[CH2-]c1ccccc1.[CH2-]c1ccccc1.[CH2-]c1ccccc1.[CH3+].[Zr+3]. The third-order valence-corrected chi connectivity index (χ3v) is 10.7. The maximum atomic E-state index is 5.16. The minimum Gasteiger partial charge on any atom is -0.655 e. The van der Waals surface area contributed by atoms with Gasteiger partial charge in [0.15, 0.2) is 0 Å². The minimum atomic E-state index is 0. The van der Waals surface area contributed by atoms with Crippen LogP contribution in [0, 0.1) is 28.2 Å². The molecule has 0 bridgehead atoms. The van der Waals surface area contributed by atoms with Gasteiger partial charge in [0.2, 0.25) is 0 Å². The average molecular weight is 867 g/mol. The van der Waals surface area contributed by atoms with E-state index in [0.29, 0.717) is 0 Å². The fourth-order valence-electron chi connectivity index (χ4n) is 6.37. The van der Waals surface area contributed by atoms with Crippen molar-refractivity contribution in [2.24, 2.45) is 0 Å². The summed E-state index contributed by atoms with van der Waals surface area (Å²) in [5.74, 6) is 0. The molecule has 0 saturated carbocycles. The first-order valence-corrected chi connectivity index (χ1v) is 20.2. The van der Waals surface area contributed by atoms with E-state index in [0.717, 1.165) is 38.6 Å². The third-order valence-electron chi connectivity index (χ3n) is 9.62. The second-order valence-electron chi connectivity index (χ2n) is 16.3. The Morgan fingerprint density at radius 2 is 0.949 bits per heavy atom. The van der Waals surface area contributed by atoms with E-state index in [-0.39, 0.29) is 44.5 Å². The molecule has 0 spiro atoms. The fraction of sp³-hybridized carbons (Fsp3) is 0.145. The molecule has 59 heavy (non-hydrogen) atoms. The molecule has 2 aromatic heterocycles. The van der Waals surface area contributed by atoms with Gasteiger partial charge >= 0.3 is 26.2 Å². The Bertz CT molecular complexity index is 2540. The number of benzene rings is 7. The summed E-state index contributed by atoms with van der Waals surface area (Å²) in [6.07, 6.45) is 0. The number of para-hydroxylation sites is 1. The van der Waals surface area contributed by atoms with Gasteiger partial charge in [-0.05, 0) is 67.3 Å². The predicted molar refractivity (Wildman–Crippen MR) is 255 cm³/mol. The van der Waals surface area contributed by atoms with E-state index in [2.05, 4.69) is 135 Å². The summed E-state index contributed by atoms with van der Waals surface area (Å²) in [7, 11) is 0. The van der Waals surface area contributed by atoms with Crippen molar-refractivity contribution >= 4 is 43.1 Å². The maximum Gasteiger partial charge on any atom is 3.00 e. The molecule has 295 valence electrons. The van der Waals surface area contributed by atoms with Gasteiger partial charge in [-0.2, -0.15) is 73.9 Å². The zero-order valence-electron chi connectivity index (χ0n) is 35.6. The molecule has 0 unspecified atom stereocenters. The van der Waals surface area contributed by atoms with E-state index in [4.69, 9.17) is 9.97 Å². The van der Waals surface area contributed by atoms with Crippen LogP contribution in [0.2, 0.25) is 0 Å². The van der Waals surface area contributed by atoms with Crippen LogP contribution in [0.15, 0.2) is 170 Å². The van der Waals surface area contributed by atoms with Crippen molar-refractivity contribution in [3.05, 3.63) is 226 Å². The molecule has 4 heteroatoms. The second kappa shape index (κ2) is 20.5. The van der Waals surface area contributed by atoms with E-state index in [9.17, 15) is 0 Å². The smallest absolute Gasteiger partial charge is 0.655 e. The molecular formula is C55H55N2SZr. The van der Waals surface area contributed by atoms with Crippen molar-refractivity contribution < 1.29 is 26.2 Å². The van der Waals surface area contributed by atoms with Gasteiger partial charge in [0, 0.05) is 7.43 Å². The Morgan fingerprint density at radius 1 is 0.475 bits per heavy atom. The molecule has 2 heterocycles. The fourth-order valence-corrected chi connectivity index (χ4v) is 7.30. The zero-order valence-corrected chi connectivity index (χ0v) is 38.9. The minimum absolute atomic E-state index is 0. The van der Waals surface area contributed by atoms with Gasteiger partial charge < -0.3 is 4.98 Å². The van der Waals surface area contributed by atoms with Crippen LogP contribution in [-0.4, -0.2) is 4.98 Å². The zero-order chi connectivity index (χ0) is 40.6. The Morgan fingerprint density at radius 3 is 1.44 bits per heavy atom. The number of nitrogens with zero attached hydrogens (tertiary/aromatic N) is 2. The van der Waals surface area contributed by atoms with Crippen LogP contribution in [-0.2, 0) is 37.0 Å². The molecular weight excluding hydrogens is 812 g/mol. The average Bonchev–Trinajstić information content (AvgIpc) is 3.86. The van der Waals surface area contributed by atoms with Gasteiger partial charge in [0.25, 0.3) is 0 Å². The Kier molecular flexibility index (Phi) is 16.1. The Labute approximate surface area is 376 Å². The van der Waals surface area contributed by atoms with E-state index < -0.39 is 0 Å². The van der Waals surface area contributed by atoms with Crippen LogP contribution in [0.25, 0.3) is 53.7 Å². The van der Waals surface area contributed by atoms with Gasteiger partial charge in [-0.1, -0.05) is 126 Å². The quantitative estimate of drug-likeness (QED) is 0.128. The first kappa shape index (κ1) is 46.3. The van der Waals surface area contributed by atoms with Crippen LogP contribution >= 0.6 is 11.3 Å². The van der Waals surface area contributed by atoms with Gasteiger partial charge in [-0.15, -0.1) is 53.4 Å². The van der Waals surface area contributed by atoms with Gasteiger partial charge in [-0.3, -0.25) is 0 Å². The molecule has 1 radical (unpaired) electrons. The van der Waals surface area contributed by atoms with Gasteiger partial charge in [-0.25, -0.2) is 4.98 Å². The summed E-state index contributed by atoms with van der Waals surface area (Å²) >= 11 is 1.70. The number of thiazole rings is 1. The topological polar surface area (TPSA) is 27.0 Å². The summed E-state index contributed by atoms with van der Waals surface area (Å²) in [6, 6.07) is 58.4. The summed E-state index contributed by atoms with van der Waals surface area (Å²) in [5.41, 5.74) is 10.2. The number of aromatic nitrogens is 2. The molecule has 0 amide bonds. The molecule has 0 fully saturated rings. The van der Waals surface area contributed by atoms with Crippen LogP contribution in [0.4, 0.5) is 0 Å². The van der Waals surface area contributed by atoms with Crippen LogP contribution in [0.5, 0.6) is 0 Å². The molecule has 0 aliphatic carbocycles. The van der Waals surface area contributed by atoms with Crippen molar-refractivity contribution in [2.75, 3.05) is 0 Å². The van der Waals surface area contributed by atoms with Crippen molar-refractivity contribution in [2.45, 2.75) is 52.4 Å². The van der Waals surface area contributed by atoms with Crippen LogP contribution in [0.3, 0.4) is 0 Å². The first-order valence-electron chi connectivity index (χ1n) is 19.4. The third kappa shape index (κ3) is 12.3. The molecule has 0 aliphatic heterocycles. The van der Waals surface area contributed by atoms with E-state index in [1.54, 1.807) is 11.3 Å². The normalized spacial score (nSPS) is 10.8. The van der Waals surface area contributed by atoms with E-state index in [1.165, 1.54) is 42.9 Å². The summed E-state index contributed by atoms with van der Waals surface area (Å²) in [5, 5.41) is 5.99. The van der Waals surface area contributed by atoms with Crippen molar-refractivity contribution in [3.8, 4) is 22.0 Å².